The summed E-state index contributed by atoms with van der Waals surface area (Å²) in [6.45, 7) is 5.07. The van der Waals surface area contributed by atoms with Crippen molar-refractivity contribution in [3.8, 4) is 0 Å². The van der Waals surface area contributed by atoms with E-state index in [1.54, 1.807) is 32.9 Å². The summed E-state index contributed by atoms with van der Waals surface area (Å²) in [6, 6.07) is 6.29. The van der Waals surface area contributed by atoms with Crippen LogP contribution in [-0.2, 0) is 20.7 Å². The van der Waals surface area contributed by atoms with Gasteiger partial charge in [0.1, 0.15) is 11.6 Å². The van der Waals surface area contributed by atoms with Crippen molar-refractivity contribution in [3.05, 3.63) is 41.5 Å². The summed E-state index contributed by atoms with van der Waals surface area (Å²) in [5, 5.41) is 29.9. The lowest BCUT2D eigenvalue weighted by atomic mass is 9.96. The van der Waals surface area contributed by atoms with Gasteiger partial charge in [-0.15, -0.1) is 0 Å². The number of aryl methyl sites for hydroxylation is 1. The number of rotatable bonds is 11. The van der Waals surface area contributed by atoms with Gasteiger partial charge in [0.05, 0.1) is 5.92 Å². The van der Waals surface area contributed by atoms with E-state index in [1.807, 2.05) is 24.3 Å². The number of amides is 1. The van der Waals surface area contributed by atoms with Crippen LogP contribution in [0.5, 0.6) is 0 Å². The van der Waals surface area contributed by atoms with Crippen LogP contribution in [0, 0.1) is 5.92 Å². The third-order valence-electron chi connectivity index (χ3n) is 4.19. The number of allylic oxidation sites excluding steroid dienone is 1. The average Bonchev–Trinajstić information content (AvgIpc) is 2.63. The predicted molar refractivity (Wildman–Crippen MR) is 112 cm³/mol. The smallest absolute Gasteiger partial charge is 0.408 e. The van der Waals surface area contributed by atoms with Crippen molar-refractivity contribution in [2.24, 2.45) is 5.92 Å². The Kier molecular flexibility index (Phi) is 10.0. The lowest BCUT2D eigenvalue weighted by Crippen LogP contribution is -2.45. The Balaban J connectivity index is 2.71. The SMILES string of the molecule is CC(C)(C)OC(=O)N[C@H](C[C@H](C/C=C/c1ccc(CCCO)cc1)C(=O)O)C(=O)O. The zero-order valence-electron chi connectivity index (χ0n) is 17.6. The summed E-state index contributed by atoms with van der Waals surface area (Å²) in [6.07, 6.45) is 3.85. The Bertz CT molecular complexity index is 735. The molecule has 1 aromatic carbocycles. The van der Waals surface area contributed by atoms with Crippen LogP contribution in [0.15, 0.2) is 30.3 Å². The molecule has 0 fully saturated rings. The molecule has 0 aliphatic carbocycles. The van der Waals surface area contributed by atoms with Gasteiger partial charge in [0.25, 0.3) is 0 Å². The number of benzene rings is 1. The highest BCUT2D eigenvalue weighted by molar-refractivity contribution is 5.81. The van der Waals surface area contributed by atoms with Crippen molar-refractivity contribution in [1.82, 2.24) is 5.32 Å². The Labute approximate surface area is 176 Å². The number of aliphatic hydroxyl groups is 1. The summed E-state index contributed by atoms with van der Waals surface area (Å²) >= 11 is 0. The van der Waals surface area contributed by atoms with E-state index in [4.69, 9.17) is 9.84 Å². The molecular formula is C22H31NO7. The summed E-state index contributed by atoms with van der Waals surface area (Å²) in [5.41, 5.74) is 1.19. The molecule has 4 N–H and O–H groups in total. The number of carbonyl (C=O) groups excluding carboxylic acids is 1. The third-order valence-corrected chi connectivity index (χ3v) is 4.19. The highest BCUT2D eigenvalue weighted by Crippen LogP contribution is 2.16. The van der Waals surface area contributed by atoms with E-state index >= 15 is 0 Å². The molecular weight excluding hydrogens is 390 g/mol. The largest absolute Gasteiger partial charge is 0.481 e. The van der Waals surface area contributed by atoms with E-state index in [2.05, 4.69) is 5.32 Å². The van der Waals surface area contributed by atoms with Crippen LogP contribution in [0.3, 0.4) is 0 Å². The van der Waals surface area contributed by atoms with Crippen LogP contribution in [-0.4, -0.2) is 51.6 Å². The molecule has 0 bridgehead atoms. The van der Waals surface area contributed by atoms with Gasteiger partial charge in [-0.25, -0.2) is 9.59 Å². The fourth-order valence-corrected chi connectivity index (χ4v) is 2.70. The zero-order valence-corrected chi connectivity index (χ0v) is 17.6. The topological polar surface area (TPSA) is 133 Å². The second kappa shape index (κ2) is 12.0. The molecule has 0 aliphatic rings. The third kappa shape index (κ3) is 10.1. The van der Waals surface area contributed by atoms with Crippen LogP contribution in [0.25, 0.3) is 6.08 Å². The molecule has 30 heavy (non-hydrogen) atoms. The second-order valence-corrected chi connectivity index (χ2v) is 8.01. The number of carboxylic acids is 2. The Morgan fingerprint density at radius 3 is 2.23 bits per heavy atom. The number of alkyl carbamates (subject to hydrolysis) is 1. The van der Waals surface area contributed by atoms with Crippen LogP contribution in [0.4, 0.5) is 4.79 Å². The van der Waals surface area contributed by atoms with Gasteiger partial charge < -0.3 is 25.4 Å². The van der Waals surface area contributed by atoms with Gasteiger partial charge in [-0.2, -0.15) is 0 Å². The van der Waals surface area contributed by atoms with Gasteiger partial charge in [0.2, 0.25) is 0 Å². The molecule has 1 rings (SSSR count). The standard InChI is InChI=1S/C22H31NO7/c1-22(2,3)30-21(29)23-18(20(27)28)14-17(19(25)26)8-4-6-15-9-11-16(12-10-15)7-5-13-24/h4,6,9-12,17-18,24H,5,7-8,13-14H2,1-3H3,(H,23,29)(H,25,26)(H,27,28)/b6-4+/t17-,18+/m0/s1. The number of nitrogens with one attached hydrogen (secondary N) is 1. The quantitative estimate of drug-likeness (QED) is 0.431. The summed E-state index contributed by atoms with van der Waals surface area (Å²) in [4.78, 5) is 34.9. The maximum absolute atomic E-state index is 11.8. The maximum Gasteiger partial charge on any atom is 0.408 e. The van der Waals surface area contributed by atoms with Gasteiger partial charge in [0, 0.05) is 6.61 Å². The van der Waals surface area contributed by atoms with Gasteiger partial charge in [-0.05, 0) is 57.6 Å². The van der Waals surface area contributed by atoms with Crippen molar-refractivity contribution < 1.29 is 34.4 Å². The zero-order chi connectivity index (χ0) is 22.7. The summed E-state index contributed by atoms with van der Waals surface area (Å²) < 4.78 is 5.04. The van der Waals surface area contributed by atoms with E-state index in [0.29, 0.717) is 6.42 Å². The van der Waals surface area contributed by atoms with Crippen molar-refractivity contribution in [1.29, 1.82) is 0 Å². The lowest BCUT2D eigenvalue weighted by Gasteiger charge is -2.23. The molecule has 1 amide bonds. The Morgan fingerprint density at radius 1 is 1.10 bits per heavy atom. The Morgan fingerprint density at radius 2 is 1.73 bits per heavy atom. The average molecular weight is 421 g/mol. The molecule has 8 heteroatoms. The number of hydrogen-bond donors (Lipinski definition) is 4. The first-order valence-corrected chi connectivity index (χ1v) is 9.83. The minimum atomic E-state index is -1.37. The number of hydrogen-bond acceptors (Lipinski definition) is 5. The van der Waals surface area contributed by atoms with Crippen LogP contribution < -0.4 is 5.32 Å². The summed E-state index contributed by atoms with van der Waals surface area (Å²) in [5.74, 6) is -3.45. The molecule has 0 unspecified atom stereocenters. The first kappa shape index (κ1) is 25.2. The van der Waals surface area contributed by atoms with Gasteiger partial charge in [0.15, 0.2) is 0 Å². The first-order chi connectivity index (χ1) is 14.0. The van der Waals surface area contributed by atoms with Gasteiger partial charge >= 0.3 is 18.0 Å². The van der Waals surface area contributed by atoms with E-state index < -0.39 is 35.6 Å². The molecule has 8 nitrogen and oxygen atoms in total. The van der Waals surface area contributed by atoms with Crippen molar-refractivity contribution in [2.45, 2.75) is 58.1 Å². The van der Waals surface area contributed by atoms with E-state index in [9.17, 15) is 24.6 Å². The van der Waals surface area contributed by atoms with E-state index in [0.717, 1.165) is 17.5 Å². The van der Waals surface area contributed by atoms with Gasteiger partial charge in [-0.1, -0.05) is 36.4 Å². The molecule has 2 atom stereocenters. The second-order valence-electron chi connectivity index (χ2n) is 8.01. The number of aliphatic carboxylic acids is 2. The highest BCUT2D eigenvalue weighted by atomic mass is 16.6. The van der Waals surface area contributed by atoms with E-state index in [1.165, 1.54) is 0 Å². The van der Waals surface area contributed by atoms with Crippen molar-refractivity contribution >= 4 is 24.1 Å². The van der Waals surface area contributed by atoms with Crippen molar-refractivity contribution in [2.75, 3.05) is 6.61 Å². The fraction of sp³-hybridized carbons (Fsp3) is 0.500. The fourth-order valence-electron chi connectivity index (χ4n) is 2.70. The predicted octanol–water partition coefficient (Wildman–Crippen LogP) is 3.08. The van der Waals surface area contributed by atoms with Crippen LogP contribution in [0.2, 0.25) is 0 Å². The summed E-state index contributed by atoms with van der Waals surface area (Å²) in [7, 11) is 0. The molecule has 0 heterocycles. The minimum absolute atomic E-state index is 0.112. The molecule has 166 valence electrons. The Hall–Kier alpha value is -2.87. The normalized spacial score (nSPS) is 13.6. The lowest BCUT2D eigenvalue weighted by molar-refractivity contribution is -0.144. The van der Waals surface area contributed by atoms with Crippen LogP contribution >= 0.6 is 0 Å². The monoisotopic (exact) mass is 421 g/mol. The molecule has 0 radical (unpaired) electrons. The number of carbonyl (C=O) groups is 3. The first-order valence-electron chi connectivity index (χ1n) is 9.83. The number of aliphatic hydroxyl groups excluding tert-OH is 1. The van der Waals surface area contributed by atoms with E-state index in [-0.39, 0.29) is 19.4 Å². The molecule has 1 aromatic rings. The number of ether oxygens (including phenoxy) is 1. The molecule has 0 spiro atoms. The molecule has 0 aliphatic heterocycles. The maximum atomic E-state index is 11.8. The van der Waals surface area contributed by atoms with Gasteiger partial charge in [-0.3, -0.25) is 4.79 Å². The van der Waals surface area contributed by atoms with Crippen LogP contribution in [0.1, 0.15) is 51.2 Å². The highest BCUT2D eigenvalue weighted by Gasteiger charge is 2.29. The molecule has 0 saturated carbocycles. The minimum Gasteiger partial charge on any atom is -0.481 e. The molecule has 0 saturated heterocycles. The number of carboxylic acid groups (broad SMARTS) is 2. The van der Waals surface area contributed by atoms with Crippen molar-refractivity contribution in [3.63, 3.8) is 0 Å². The molecule has 0 aromatic heterocycles.